The zero-order chi connectivity index (χ0) is 11.6. The van der Waals surface area contributed by atoms with E-state index in [1.165, 1.54) is 12.8 Å². The van der Waals surface area contributed by atoms with Crippen molar-refractivity contribution in [3.63, 3.8) is 0 Å². The summed E-state index contributed by atoms with van der Waals surface area (Å²) >= 11 is 0. The monoisotopic (exact) mass is 211 g/mol. The van der Waals surface area contributed by atoms with Gasteiger partial charge in [-0.15, -0.1) is 0 Å². The van der Waals surface area contributed by atoms with E-state index in [0.717, 1.165) is 6.54 Å². The van der Waals surface area contributed by atoms with Gasteiger partial charge in [-0.3, -0.25) is 4.79 Å². The summed E-state index contributed by atoms with van der Waals surface area (Å²) in [6.45, 7) is 11.7. The molecule has 0 aromatic heterocycles. The number of carbonyl (C=O) groups is 1. The summed E-state index contributed by atoms with van der Waals surface area (Å²) in [5.74, 6) is 2.18. The normalized spacial score (nSPS) is 27.5. The van der Waals surface area contributed by atoms with Crippen LogP contribution in [0.15, 0.2) is 0 Å². The van der Waals surface area contributed by atoms with Crippen LogP contribution in [0.2, 0.25) is 0 Å². The molecular formula is C13H25NO. The standard InChI is InChI=1S/C13H25NO/c1-9(2)12-7-6-8-14(11(5)15)13(12)10(3)4/h9-10,12-13H,6-8H2,1-5H3. The number of hydrogen-bond acceptors (Lipinski definition) is 1. The fourth-order valence-electron chi connectivity index (χ4n) is 3.00. The molecule has 1 fully saturated rings. The van der Waals surface area contributed by atoms with Crippen LogP contribution in [0.4, 0.5) is 0 Å². The Labute approximate surface area is 94.0 Å². The lowest BCUT2D eigenvalue weighted by atomic mass is 9.76. The summed E-state index contributed by atoms with van der Waals surface area (Å²) in [5, 5.41) is 0. The Morgan fingerprint density at radius 3 is 2.20 bits per heavy atom. The third-order valence-electron chi connectivity index (χ3n) is 3.68. The number of piperidine rings is 1. The maximum Gasteiger partial charge on any atom is 0.219 e. The zero-order valence-corrected chi connectivity index (χ0v) is 10.8. The first-order valence-electron chi connectivity index (χ1n) is 6.22. The maximum atomic E-state index is 11.6. The fraction of sp³-hybridized carbons (Fsp3) is 0.923. The molecule has 0 N–H and O–H groups in total. The van der Waals surface area contributed by atoms with Crippen LogP contribution in [-0.4, -0.2) is 23.4 Å². The van der Waals surface area contributed by atoms with Crippen LogP contribution in [0.5, 0.6) is 0 Å². The Morgan fingerprint density at radius 1 is 1.20 bits per heavy atom. The lowest BCUT2D eigenvalue weighted by Crippen LogP contribution is -2.51. The molecule has 0 aliphatic carbocycles. The zero-order valence-electron chi connectivity index (χ0n) is 10.8. The van der Waals surface area contributed by atoms with Gasteiger partial charge in [0, 0.05) is 19.5 Å². The van der Waals surface area contributed by atoms with Crippen LogP contribution in [0.1, 0.15) is 47.5 Å². The molecule has 1 aliphatic rings. The van der Waals surface area contributed by atoms with Gasteiger partial charge in [0.05, 0.1) is 0 Å². The summed E-state index contributed by atoms with van der Waals surface area (Å²) in [6.07, 6.45) is 2.45. The third kappa shape index (κ3) is 2.73. The van der Waals surface area contributed by atoms with Gasteiger partial charge < -0.3 is 4.90 Å². The van der Waals surface area contributed by atoms with Crippen molar-refractivity contribution in [2.24, 2.45) is 17.8 Å². The molecule has 0 bridgehead atoms. The minimum absolute atomic E-state index is 0.249. The Balaban J connectivity index is 2.85. The molecule has 1 heterocycles. The number of likely N-dealkylation sites (tertiary alicyclic amines) is 1. The summed E-state index contributed by atoms with van der Waals surface area (Å²) in [7, 11) is 0. The summed E-state index contributed by atoms with van der Waals surface area (Å²) in [4.78, 5) is 13.7. The highest BCUT2D eigenvalue weighted by atomic mass is 16.2. The second-order valence-electron chi connectivity index (χ2n) is 5.50. The van der Waals surface area contributed by atoms with E-state index in [9.17, 15) is 4.79 Å². The van der Waals surface area contributed by atoms with E-state index in [0.29, 0.717) is 23.8 Å². The van der Waals surface area contributed by atoms with Crippen molar-refractivity contribution in [3.8, 4) is 0 Å². The molecule has 15 heavy (non-hydrogen) atoms. The van der Waals surface area contributed by atoms with Crippen molar-refractivity contribution in [3.05, 3.63) is 0 Å². The lowest BCUT2D eigenvalue weighted by Gasteiger charge is -2.45. The van der Waals surface area contributed by atoms with Gasteiger partial charge in [-0.25, -0.2) is 0 Å². The summed E-state index contributed by atoms with van der Waals surface area (Å²) in [5.41, 5.74) is 0. The minimum Gasteiger partial charge on any atom is -0.339 e. The van der Waals surface area contributed by atoms with Crippen LogP contribution < -0.4 is 0 Å². The molecule has 2 nitrogen and oxygen atoms in total. The maximum absolute atomic E-state index is 11.6. The van der Waals surface area contributed by atoms with Crippen LogP contribution >= 0.6 is 0 Å². The largest absolute Gasteiger partial charge is 0.339 e. The lowest BCUT2D eigenvalue weighted by molar-refractivity contribution is -0.136. The predicted octanol–water partition coefficient (Wildman–Crippen LogP) is 2.93. The van der Waals surface area contributed by atoms with Crippen LogP contribution in [-0.2, 0) is 4.79 Å². The van der Waals surface area contributed by atoms with Gasteiger partial charge in [0.2, 0.25) is 5.91 Å². The first-order valence-corrected chi connectivity index (χ1v) is 6.22. The molecule has 0 radical (unpaired) electrons. The van der Waals surface area contributed by atoms with Gasteiger partial charge in [0.15, 0.2) is 0 Å². The third-order valence-corrected chi connectivity index (χ3v) is 3.68. The average molecular weight is 211 g/mol. The van der Waals surface area contributed by atoms with Crippen molar-refractivity contribution in [2.45, 2.75) is 53.5 Å². The summed E-state index contributed by atoms with van der Waals surface area (Å²) in [6, 6.07) is 0.455. The van der Waals surface area contributed by atoms with Gasteiger partial charge in [-0.05, 0) is 30.6 Å². The van der Waals surface area contributed by atoms with Gasteiger partial charge in [-0.1, -0.05) is 27.7 Å². The van der Waals surface area contributed by atoms with E-state index in [-0.39, 0.29) is 5.91 Å². The van der Waals surface area contributed by atoms with E-state index in [2.05, 4.69) is 32.6 Å². The quantitative estimate of drug-likeness (QED) is 0.687. The highest BCUT2D eigenvalue weighted by Crippen LogP contribution is 2.33. The number of carbonyl (C=O) groups excluding carboxylic acids is 1. The molecule has 1 saturated heterocycles. The number of amides is 1. The van der Waals surface area contributed by atoms with E-state index >= 15 is 0 Å². The van der Waals surface area contributed by atoms with Crippen molar-refractivity contribution >= 4 is 5.91 Å². The molecule has 1 amide bonds. The second kappa shape index (κ2) is 5.00. The molecule has 0 aromatic rings. The Bertz CT molecular complexity index is 223. The van der Waals surface area contributed by atoms with Crippen LogP contribution in [0.25, 0.3) is 0 Å². The fourth-order valence-corrected chi connectivity index (χ4v) is 3.00. The molecule has 2 unspecified atom stereocenters. The first kappa shape index (κ1) is 12.5. The van der Waals surface area contributed by atoms with Gasteiger partial charge in [0.1, 0.15) is 0 Å². The highest BCUT2D eigenvalue weighted by molar-refractivity contribution is 5.73. The van der Waals surface area contributed by atoms with Gasteiger partial charge in [0.25, 0.3) is 0 Å². The molecule has 2 heteroatoms. The summed E-state index contributed by atoms with van der Waals surface area (Å²) < 4.78 is 0. The highest BCUT2D eigenvalue weighted by Gasteiger charge is 2.36. The van der Waals surface area contributed by atoms with E-state index < -0.39 is 0 Å². The van der Waals surface area contributed by atoms with E-state index in [1.54, 1.807) is 6.92 Å². The van der Waals surface area contributed by atoms with Gasteiger partial charge >= 0.3 is 0 Å². The smallest absolute Gasteiger partial charge is 0.219 e. The first-order chi connectivity index (χ1) is 6.95. The van der Waals surface area contributed by atoms with Gasteiger partial charge in [-0.2, -0.15) is 0 Å². The second-order valence-corrected chi connectivity index (χ2v) is 5.50. The average Bonchev–Trinajstić information content (AvgIpc) is 2.16. The topological polar surface area (TPSA) is 20.3 Å². The van der Waals surface area contributed by atoms with Crippen molar-refractivity contribution in [1.29, 1.82) is 0 Å². The molecule has 1 rings (SSSR count). The molecule has 88 valence electrons. The molecule has 0 saturated carbocycles. The molecule has 2 atom stereocenters. The van der Waals surface area contributed by atoms with Crippen LogP contribution in [0, 0.1) is 17.8 Å². The van der Waals surface area contributed by atoms with Crippen molar-refractivity contribution in [2.75, 3.05) is 6.54 Å². The van der Waals surface area contributed by atoms with Crippen LogP contribution in [0.3, 0.4) is 0 Å². The molecular weight excluding hydrogens is 186 g/mol. The SMILES string of the molecule is CC(=O)N1CCCC(C(C)C)C1C(C)C. The Morgan fingerprint density at radius 2 is 1.80 bits per heavy atom. The number of hydrogen-bond donors (Lipinski definition) is 0. The predicted molar refractivity (Wildman–Crippen MR) is 63.6 cm³/mol. The minimum atomic E-state index is 0.249. The Kier molecular flexibility index (Phi) is 4.18. The number of nitrogens with zero attached hydrogens (tertiary/aromatic N) is 1. The van der Waals surface area contributed by atoms with E-state index in [1.807, 2.05) is 0 Å². The van der Waals surface area contributed by atoms with Crippen molar-refractivity contribution in [1.82, 2.24) is 4.90 Å². The van der Waals surface area contributed by atoms with Crippen molar-refractivity contribution < 1.29 is 4.79 Å². The Hall–Kier alpha value is -0.530. The molecule has 1 aliphatic heterocycles. The number of rotatable bonds is 2. The molecule has 0 spiro atoms. The molecule has 0 aromatic carbocycles. The van der Waals surface area contributed by atoms with E-state index in [4.69, 9.17) is 0 Å².